The van der Waals surface area contributed by atoms with E-state index in [1.807, 2.05) is 24.1 Å². The average molecular weight is 398 g/mol. The van der Waals surface area contributed by atoms with Crippen molar-refractivity contribution in [3.05, 3.63) is 36.8 Å². The van der Waals surface area contributed by atoms with Crippen LogP contribution in [0.15, 0.2) is 41.8 Å². The number of piperazine rings is 1. The molecule has 9 heteroatoms. The smallest absolute Gasteiger partial charge is 0.233 e. The first kappa shape index (κ1) is 18.5. The van der Waals surface area contributed by atoms with E-state index in [4.69, 9.17) is 4.74 Å². The Bertz CT molecular complexity index is 966. The summed E-state index contributed by atoms with van der Waals surface area (Å²) < 4.78 is 6.92. The zero-order valence-corrected chi connectivity index (χ0v) is 16.7. The van der Waals surface area contributed by atoms with Gasteiger partial charge in [0.15, 0.2) is 5.65 Å². The summed E-state index contributed by atoms with van der Waals surface area (Å²) in [6.45, 7) is 3.08. The highest BCUT2D eigenvalue weighted by Gasteiger charge is 2.22. The molecule has 1 aromatic carbocycles. The molecule has 4 rings (SSSR count). The number of ether oxygens (including phenoxy) is 1. The Morgan fingerprint density at radius 2 is 1.89 bits per heavy atom. The molecular formula is C19H22N6O2S. The number of fused-ring (bicyclic) bond motifs is 1. The van der Waals surface area contributed by atoms with Crippen LogP contribution in [0.25, 0.3) is 11.0 Å². The lowest BCUT2D eigenvalue weighted by Gasteiger charge is -2.36. The number of carbonyl (C=O) groups is 1. The van der Waals surface area contributed by atoms with Crippen LogP contribution in [-0.4, -0.2) is 69.6 Å². The Hall–Kier alpha value is -2.81. The first-order valence-corrected chi connectivity index (χ1v) is 10.1. The van der Waals surface area contributed by atoms with E-state index in [1.54, 1.807) is 18.0 Å². The van der Waals surface area contributed by atoms with Gasteiger partial charge in [-0.15, -0.1) is 0 Å². The number of methoxy groups -OCH3 is 1. The number of thioether (sulfide) groups is 1. The molecule has 146 valence electrons. The van der Waals surface area contributed by atoms with Gasteiger partial charge in [-0.25, -0.2) is 9.97 Å². The van der Waals surface area contributed by atoms with Crippen molar-refractivity contribution in [1.29, 1.82) is 0 Å². The van der Waals surface area contributed by atoms with Crippen molar-refractivity contribution >= 4 is 34.4 Å². The fourth-order valence-electron chi connectivity index (χ4n) is 3.28. The van der Waals surface area contributed by atoms with Gasteiger partial charge in [-0.3, -0.25) is 9.48 Å². The molecule has 0 aliphatic carbocycles. The molecule has 0 saturated carbocycles. The molecule has 28 heavy (non-hydrogen) atoms. The van der Waals surface area contributed by atoms with Gasteiger partial charge in [-0.2, -0.15) is 5.10 Å². The molecule has 1 amide bonds. The largest absolute Gasteiger partial charge is 0.497 e. The minimum absolute atomic E-state index is 0.134. The van der Waals surface area contributed by atoms with Gasteiger partial charge >= 0.3 is 0 Å². The van der Waals surface area contributed by atoms with Crippen molar-refractivity contribution in [2.75, 3.05) is 43.9 Å². The third kappa shape index (κ3) is 3.75. The summed E-state index contributed by atoms with van der Waals surface area (Å²) in [6, 6.07) is 8.04. The van der Waals surface area contributed by atoms with E-state index in [0.717, 1.165) is 53.7 Å². The number of rotatable bonds is 5. The number of benzene rings is 1. The summed E-state index contributed by atoms with van der Waals surface area (Å²) in [5, 5.41) is 5.89. The summed E-state index contributed by atoms with van der Waals surface area (Å²) in [5.74, 6) is 1.35. The zero-order chi connectivity index (χ0) is 19.5. The van der Waals surface area contributed by atoms with E-state index in [9.17, 15) is 4.79 Å². The molecule has 0 radical (unpaired) electrons. The van der Waals surface area contributed by atoms with E-state index < -0.39 is 0 Å². The van der Waals surface area contributed by atoms with Gasteiger partial charge in [0.05, 0.1) is 24.4 Å². The molecule has 3 heterocycles. The lowest BCUT2D eigenvalue weighted by atomic mass is 10.2. The number of hydrogen-bond donors (Lipinski definition) is 0. The van der Waals surface area contributed by atoms with Crippen molar-refractivity contribution in [3.63, 3.8) is 0 Å². The van der Waals surface area contributed by atoms with E-state index in [-0.39, 0.29) is 5.91 Å². The number of amides is 1. The monoisotopic (exact) mass is 398 g/mol. The second kappa shape index (κ2) is 8.05. The molecule has 0 atom stereocenters. The van der Waals surface area contributed by atoms with Crippen molar-refractivity contribution in [3.8, 4) is 5.75 Å². The van der Waals surface area contributed by atoms with Gasteiger partial charge in [0.2, 0.25) is 5.91 Å². The second-order valence-electron chi connectivity index (χ2n) is 6.54. The molecule has 3 aromatic rings. The summed E-state index contributed by atoms with van der Waals surface area (Å²) in [4.78, 5) is 25.4. The van der Waals surface area contributed by atoms with Crippen LogP contribution in [0.5, 0.6) is 5.75 Å². The number of aromatic nitrogens is 4. The summed E-state index contributed by atoms with van der Waals surface area (Å²) in [7, 11) is 3.51. The number of aryl methyl sites for hydroxylation is 1. The maximum absolute atomic E-state index is 12.6. The van der Waals surface area contributed by atoms with Crippen LogP contribution in [0.3, 0.4) is 0 Å². The van der Waals surface area contributed by atoms with Crippen LogP contribution >= 0.6 is 11.8 Å². The number of anilines is 1. The highest BCUT2D eigenvalue weighted by atomic mass is 32.2. The lowest BCUT2D eigenvalue weighted by molar-refractivity contribution is -0.128. The van der Waals surface area contributed by atoms with Crippen molar-refractivity contribution in [2.45, 2.75) is 5.03 Å². The Morgan fingerprint density at radius 1 is 1.14 bits per heavy atom. The molecule has 2 aromatic heterocycles. The Balaban J connectivity index is 1.32. The Morgan fingerprint density at radius 3 is 2.61 bits per heavy atom. The van der Waals surface area contributed by atoms with Gasteiger partial charge in [0.1, 0.15) is 17.1 Å². The third-order valence-corrected chi connectivity index (χ3v) is 5.89. The van der Waals surface area contributed by atoms with Crippen LogP contribution in [0.4, 0.5) is 5.69 Å². The summed E-state index contributed by atoms with van der Waals surface area (Å²) in [6.07, 6.45) is 3.26. The molecular weight excluding hydrogens is 376 g/mol. The van der Waals surface area contributed by atoms with Crippen molar-refractivity contribution in [2.24, 2.45) is 7.05 Å². The summed E-state index contributed by atoms with van der Waals surface area (Å²) in [5.41, 5.74) is 1.93. The second-order valence-corrected chi connectivity index (χ2v) is 7.50. The van der Waals surface area contributed by atoms with E-state index >= 15 is 0 Å². The predicted molar refractivity (Wildman–Crippen MR) is 109 cm³/mol. The Labute approximate surface area is 167 Å². The molecule has 1 aliphatic rings. The molecule has 0 N–H and O–H groups in total. The van der Waals surface area contributed by atoms with Gasteiger partial charge in [-0.05, 0) is 24.3 Å². The number of carbonyl (C=O) groups excluding carboxylic acids is 1. The minimum Gasteiger partial charge on any atom is -0.497 e. The van der Waals surface area contributed by atoms with Gasteiger partial charge in [0.25, 0.3) is 0 Å². The predicted octanol–water partition coefficient (Wildman–Crippen LogP) is 1.81. The fourth-order valence-corrected chi connectivity index (χ4v) is 4.15. The normalized spacial score (nSPS) is 14.5. The third-order valence-electron chi connectivity index (χ3n) is 4.90. The molecule has 1 fully saturated rings. The zero-order valence-electron chi connectivity index (χ0n) is 15.9. The number of nitrogens with zero attached hydrogens (tertiary/aromatic N) is 6. The van der Waals surface area contributed by atoms with Crippen LogP contribution in [0.1, 0.15) is 0 Å². The number of hydrogen-bond acceptors (Lipinski definition) is 7. The highest BCUT2D eigenvalue weighted by molar-refractivity contribution is 8.00. The molecule has 1 aliphatic heterocycles. The maximum Gasteiger partial charge on any atom is 0.233 e. The van der Waals surface area contributed by atoms with E-state index in [0.29, 0.717) is 5.75 Å². The molecule has 0 spiro atoms. The SMILES string of the molecule is COc1ccc(N2CCN(C(=O)CSc3ncnc4c3cnn4C)CC2)cc1. The molecule has 0 bridgehead atoms. The van der Waals surface area contributed by atoms with Crippen molar-refractivity contribution < 1.29 is 9.53 Å². The van der Waals surface area contributed by atoms with Crippen LogP contribution in [0, 0.1) is 0 Å². The van der Waals surface area contributed by atoms with E-state index in [1.165, 1.54) is 18.1 Å². The van der Waals surface area contributed by atoms with Gasteiger partial charge < -0.3 is 14.5 Å². The highest BCUT2D eigenvalue weighted by Crippen LogP contribution is 2.25. The minimum atomic E-state index is 0.134. The van der Waals surface area contributed by atoms with Crippen LogP contribution in [0.2, 0.25) is 0 Å². The van der Waals surface area contributed by atoms with Crippen LogP contribution < -0.4 is 9.64 Å². The van der Waals surface area contributed by atoms with Crippen LogP contribution in [-0.2, 0) is 11.8 Å². The fraction of sp³-hybridized carbons (Fsp3) is 0.368. The quantitative estimate of drug-likeness (QED) is 0.479. The van der Waals surface area contributed by atoms with Gasteiger partial charge in [-0.1, -0.05) is 11.8 Å². The standard InChI is InChI=1S/C19H22N6O2S/c1-23-18-16(11-22-23)19(21-13-20-18)28-12-17(26)25-9-7-24(8-10-25)14-3-5-15(27-2)6-4-14/h3-6,11,13H,7-10,12H2,1-2H3. The summed E-state index contributed by atoms with van der Waals surface area (Å²) >= 11 is 1.44. The lowest BCUT2D eigenvalue weighted by Crippen LogP contribution is -2.49. The van der Waals surface area contributed by atoms with E-state index in [2.05, 4.69) is 32.1 Å². The Kier molecular flexibility index (Phi) is 5.34. The first-order chi connectivity index (χ1) is 13.7. The topological polar surface area (TPSA) is 76.4 Å². The molecule has 0 unspecified atom stereocenters. The maximum atomic E-state index is 12.6. The van der Waals surface area contributed by atoms with Crippen molar-refractivity contribution in [1.82, 2.24) is 24.6 Å². The first-order valence-electron chi connectivity index (χ1n) is 9.08. The molecule has 1 saturated heterocycles. The van der Waals surface area contributed by atoms with Gasteiger partial charge in [0, 0.05) is 38.9 Å². The average Bonchev–Trinajstić information content (AvgIpc) is 3.14. The molecule has 8 nitrogen and oxygen atoms in total.